The van der Waals surface area contributed by atoms with E-state index in [1.54, 1.807) is 0 Å². The normalized spacial score (nSPS) is 15.0. The summed E-state index contributed by atoms with van der Waals surface area (Å²) in [7, 11) is 2.00. The fourth-order valence-electron chi connectivity index (χ4n) is 2.26. The lowest BCUT2D eigenvalue weighted by Gasteiger charge is -2.12. The smallest absolute Gasteiger partial charge is 0.0682 e. The maximum absolute atomic E-state index is 4.27. The predicted octanol–water partition coefficient (Wildman–Crippen LogP) is 2.65. The molecule has 0 bridgehead atoms. The number of benzene rings is 1. The molecule has 0 saturated heterocycles. The van der Waals surface area contributed by atoms with E-state index >= 15 is 0 Å². The predicted molar refractivity (Wildman–Crippen MR) is 73.2 cm³/mol. The Hall–Kier alpha value is -1.61. The molecule has 0 radical (unpaired) electrons. The van der Waals surface area contributed by atoms with Gasteiger partial charge in [-0.15, -0.1) is 0 Å². The van der Waals surface area contributed by atoms with Crippen molar-refractivity contribution in [1.82, 2.24) is 15.1 Å². The fourth-order valence-corrected chi connectivity index (χ4v) is 2.26. The molecule has 0 atom stereocenters. The first-order valence-electron chi connectivity index (χ1n) is 6.55. The highest BCUT2D eigenvalue weighted by Gasteiger charge is 2.20. The van der Waals surface area contributed by atoms with E-state index in [4.69, 9.17) is 0 Å². The molecule has 3 heteroatoms. The van der Waals surface area contributed by atoms with E-state index in [0.717, 1.165) is 12.6 Å². The Bertz CT molecular complexity index is 553. The Labute approximate surface area is 108 Å². The van der Waals surface area contributed by atoms with Crippen molar-refractivity contribution in [2.45, 2.75) is 32.4 Å². The number of hydrogen-bond acceptors (Lipinski definition) is 2. The first-order valence-corrected chi connectivity index (χ1v) is 6.55. The van der Waals surface area contributed by atoms with E-state index in [-0.39, 0.29) is 0 Å². The minimum atomic E-state index is 0.741. The van der Waals surface area contributed by atoms with Gasteiger partial charge < -0.3 is 5.32 Å². The zero-order valence-corrected chi connectivity index (χ0v) is 11.0. The van der Waals surface area contributed by atoms with Crippen LogP contribution in [-0.4, -0.2) is 15.8 Å². The molecular weight excluding hydrogens is 222 g/mol. The van der Waals surface area contributed by atoms with Crippen LogP contribution in [0.1, 0.15) is 24.0 Å². The number of nitrogens with zero attached hydrogens (tertiary/aromatic N) is 2. The quantitative estimate of drug-likeness (QED) is 0.892. The summed E-state index contributed by atoms with van der Waals surface area (Å²) in [5, 5.41) is 7.85. The van der Waals surface area contributed by atoms with Crippen LogP contribution in [0.4, 0.5) is 0 Å². The van der Waals surface area contributed by atoms with Gasteiger partial charge >= 0.3 is 0 Å². The minimum Gasteiger partial charge on any atom is -0.310 e. The lowest BCUT2D eigenvalue weighted by molar-refractivity contribution is 0.687. The molecular formula is C15H19N3. The molecule has 0 aliphatic heterocycles. The monoisotopic (exact) mass is 241 g/mol. The van der Waals surface area contributed by atoms with Crippen molar-refractivity contribution in [1.29, 1.82) is 0 Å². The molecule has 94 valence electrons. The van der Waals surface area contributed by atoms with Crippen molar-refractivity contribution < 1.29 is 0 Å². The van der Waals surface area contributed by atoms with Crippen molar-refractivity contribution in [3.8, 4) is 11.3 Å². The molecule has 1 saturated carbocycles. The van der Waals surface area contributed by atoms with Gasteiger partial charge in [-0.2, -0.15) is 5.10 Å². The van der Waals surface area contributed by atoms with Gasteiger partial charge in [0.25, 0.3) is 0 Å². The summed E-state index contributed by atoms with van der Waals surface area (Å²) in [6, 6.07) is 9.48. The second-order valence-electron chi connectivity index (χ2n) is 5.16. The van der Waals surface area contributed by atoms with E-state index in [0.29, 0.717) is 0 Å². The summed E-state index contributed by atoms with van der Waals surface area (Å²) in [5.41, 5.74) is 5.13. The van der Waals surface area contributed by atoms with Crippen LogP contribution in [0, 0.1) is 6.92 Å². The maximum atomic E-state index is 4.27. The fraction of sp³-hybridized carbons (Fsp3) is 0.400. The van der Waals surface area contributed by atoms with Crippen LogP contribution in [0.3, 0.4) is 0 Å². The van der Waals surface area contributed by atoms with E-state index in [9.17, 15) is 0 Å². The van der Waals surface area contributed by atoms with Gasteiger partial charge in [0.05, 0.1) is 5.69 Å². The van der Waals surface area contributed by atoms with Crippen LogP contribution in [0.15, 0.2) is 30.5 Å². The van der Waals surface area contributed by atoms with Crippen molar-refractivity contribution in [3.05, 3.63) is 41.6 Å². The molecule has 18 heavy (non-hydrogen) atoms. The number of aromatic nitrogens is 2. The van der Waals surface area contributed by atoms with Gasteiger partial charge in [-0.3, -0.25) is 4.68 Å². The average Bonchev–Trinajstić information content (AvgIpc) is 3.09. The highest BCUT2D eigenvalue weighted by molar-refractivity contribution is 5.64. The second-order valence-corrected chi connectivity index (χ2v) is 5.16. The largest absolute Gasteiger partial charge is 0.310 e. The lowest BCUT2D eigenvalue weighted by atomic mass is 10.0. The van der Waals surface area contributed by atoms with Crippen LogP contribution in [0.25, 0.3) is 11.3 Å². The third kappa shape index (κ3) is 2.31. The molecule has 1 aromatic carbocycles. The first-order chi connectivity index (χ1) is 8.74. The highest BCUT2D eigenvalue weighted by atomic mass is 15.3. The Kier molecular flexibility index (Phi) is 2.92. The Morgan fingerprint density at radius 3 is 2.83 bits per heavy atom. The molecule has 3 rings (SSSR count). The third-order valence-electron chi connectivity index (χ3n) is 3.52. The molecule has 1 fully saturated rings. The SMILES string of the molecule is Cc1ccc(CNC2CC2)c(-c2ccnn2C)c1. The van der Waals surface area contributed by atoms with Gasteiger partial charge in [-0.1, -0.05) is 17.7 Å². The Balaban J connectivity index is 1.94. The third-order valence-corrected chi connectivity index (χ3v) is 3.52. The summed E-state index contributed by atoms with van der Waals surface area (Å²) < 4.78 is 1.94. The van der Waals surface area contributed by atoms with Crippen molar-refractivity contribution in [2.24, 2.45) is 7.05 Å². The molecule has 0 unspecified atom stereocenters. The standard InChI is InChI=1S/C15H19N3/c1-11-3-4-12(10-16-13-5-6-13)14(9-11)15-7-8-17-18(15)2/h3-4,7-9,13,16H,5-6,10H2,1-2H3. The number of hydrogen-bond donors (Lipinski definition) is 1. The molecule has 1 N–H and O–H groups in total. The lowest BCUT2D eigenvalue weighted by Crippen LogP contribution is -2.16. The van der Waals surface area contributed by atoms with Gasteiger partial charge in [-0.25, -0.2) is 0 Å². The van der Waals surface area contributed by atoms with Crippen LogP contribution < -0.4 is 5.32 Å². The summed E-state index contributed by atoms with van der Waals surface area (Å²) in [4.78, 5) is 0. The summed E-state index contributed by atoms with van der Waals surface area (Å²) in [6.07, 6.45) is 4.51. The van der Waals surface area contributed by atoms with Crippen LogP contribution in [-0.2, 0) is 13.6 Å². The number of nitrogens with one attached hydrogen (secondary N) is 1. The highest BCUT2D eigenvalue weighted by Crippen LogP contribution is 2.26. The van der Waals surface area contributed by atoms with Crippen molar-refractivity contribution in [3.63, 3.8) is 0 Å². The van der Waals surface area contributed by atoms with Gasteiger partial charge in [0.2, 0.25) is 0 Å². The number of rotatable bonds is 4. The van der Waals surface area contributed by atoms with Gasteiger partial charge in [0.1, 0.15) is 0 Å². The van der Waals surface area contributed by atoms with Gasteiger partial charge in [0.15, 0.2) is 0 Å². The summed E-state index contributed by atoms with van der Waals surface area (Å²) in [6.45, 7) is 3.09. The molecule has 0 spiro atoms. The molecule has 1 aromatic heterocycles. The molecule has 0 amide bonds. The topological polar surface area (TPSA) is 29.9 Å². The first kappa shape index (κ1) is 11.5. The minimum absolute atomic E-state index is 0.741. The average molecular weight is 241 g/mol. The zero-order valence-electron chi connectivity index (χ0n) is 11.0. The van der Waals surface area contributed by atoms with Gasteiger partial charge in [-0.05, 0) is 37.5 Å². The maximum Gasteiger partial charge on any atom is 0.0682 e. The van der Waals surface area contributed by atoms with Crippen LogP contribution in [0.2, 0.25) is 0 Å². The summed E-state index contributed by atoms with van der Waals surface area (Å²) in [5.74, 6) is 0. The van der Waals surface area contributed by atoms with Crippen molar-refractivity contribution >= 4 is 0 Å². The molecule has 3 nitrogen and oxygen atoms in total. The number of aryl methyl sites for hydroxylation is 2. The Morgan fingerprint density at radius 1 is 1.33 bits per heavy atom. The van der Waals surface area contributed by atoms with E-state index in [2.05, 4.69) is 41.6 Å². The molecule has 1 aliphatic carbocycles. The Morgan fingerprint density at radius 2 is 2.17 bits per heavy atom. The summed E-state index contributed by atoms with van der Waals surface area (Å²) >= 11 is 0. The van der Waals surface area contributed by atoms with Crippen LogP contribution in [0.5, 0.6) is 0 Å². The van der Waals surface area contributed by atoms with E-state index in [1.807, 2.05) is 17.9 Å². The van der Waals surface area contributed by atoms with E-state index in [1.165, 1.54) is 35.2 Å². The molecule has 1 heterocycles. The van der Waals surface area contributed by atoms with Gasteiger partial charge in [0, 0.05) is 31.4 Å². The van der Waals surface area contributed by atoms with E-state index < -0.39 is 0 Å². The zero-order chi connectivity index (χ0) is 12.5. The van der Waals surface area contributed by atoms with Crippen molar-refractivity contribution in [2.75, 3.05) is 0 Å². The second kappa shape index (κ2) is 4.58. The molecule has 2 aromatic rings. The van der Waals surface area contributed by atoms with Crippen LogP contribution >= 0.6 is 0 Å². The molecule has 1 aliphatic rings.